The van der Waals surface area contributed by atoms with Gasteiger partial charge in [-0.05, 0) is 0 Å². The van der Waals surface area contributed by atoms with E-state index in [0.717, 1.165) is 0 Å². The molecule has 0 radical (unpaired) electrons. The normalized spacial score (nSPS) is 6.56. The van der Waals surface area contributed by atoms with Gasteiger partial charge in [0.05, 0.1) is 0 Å². The van der Waals surface area contributed by atoms with Crippen LogP contribution in [0.5, 0.6) is 0 Å². The van der Waals surface area contributed by atoms with Gasteiger partial charge in [0.25, 0.3) is 0 Å². The Hall–Kier alpha value is 1.04. The summed E-state index contributed by atoms with van der Waals surface area (Å²) in [6.45, 7) is 0. The van der Waals surface area contributed by atoms with Gasteiger partial charge in [-0.1, -0.05) is 0 Å². The van der Waals surface area contributed by atoms with E-state index in [-0.39, 0.29) is 22.4 Å². The molecule has 0 spiro atoms. The van der Waals surface area contributed by atoms with E-state index in [1.165, 1.54) is 0 Å². The van der Waals surface area contributed by atoms with E-state index in [2.05, 4.69) is 0 Å². The first kappa shape index (κ1) is 36.0. The molecule has 10 nitrogen and oxygen atoms in total. The zero-order valence-electron chi connectivity index (χ0n) is 6.96. The van der Waals surface area contributed by atoms with Gasteiger partial charge in [-0.3, -0.25) is 0 Å². The summed E-state index contributed by atoms with van der Waals surface area (Å²) in [5, 5.41) is 0. The molecule has 0 saturated heterocycles. The van der Waals surface area contributed by atoms with Gasteiger partial charge in [0.2, 0.25) is 0 Å². The summed E-state index contributed by atoms with van der Waals surface area (Å²) < 4.78 is 42.3. The van der Waals surface area contributed by atoms with Crippen LogP contribution < -0.4 is 0 Å². The van der Waals surface area contributed by atoms with E-state index in [0.29, 0.717) is 0 Å². The molecule has 0 atom stereocenters. The molecule has 90 valence electrons. The second-order valence-corrected chi connectivity index (χ2v) is 1.22. The Balaban J connectivity index is -0.0000000192. The molecule has 0 aliphatic heterocycles. The van der Waals surface area contributed by atoms with Crippen LogP contribution in [0.25, 0.3) is 0 Å². The Labute approximate surface area is 113 Å². The van der Waals surface area contributed by atoms with Gasteiger partial charge < -0.3 is 24.5 Å². The minimum absolute atomic E-state index is 0. The third-order valence-electron chi connectivity index (χ3n) is 0. The number of hydrogen-bond acceptors (Lipinski definition) is 5. The molecule has 0 amide bonds. The summed E-state index contributed by atoms with van der Waals surface area (Å²) in [6.07, 6.45) is 0. The van der Waals surface area contributed by atoms with Crippen LogP contribution in [0.4, 0.5) is 0 Å². The van der Waals surface area contributed by atoms with Crippen molar-refractivity contribution < 1.29 is 69.7 Å². The fourth-order valence-electron chi connectivity index (χ4n) is 0. The molecule has 0 aromatic rings. The molecule has 0 fully saturated rings. The van der Waals surface area contributed by atoms with Gasteiger partial charge in [0.15, 0.2) is 0 Å². The molecule has 0 bridgehead atoms. The van der Waals surface area contributed by atoms with Gasteiger partial charge in [0.1, 0.15) is 0 Å². The topological polar surface area (TPSA) is 186 Å². The van der Waals surface area contributed by atoms with Gasteiger partial charge in [-0.15, -0.1) is 0 Å². The predicted octanol–water partition coefficient (Wildman–Crippen LogP) is 0.925. The monoisotopic (exact) mass is 501 g/mol. The maximum Gasteiger partial charge on any atom is 5.00 e. The standard InChI is InChI=1S/5HO2P.Ta/c5*1-3-2;/h5*(H,1,2);/q;;;;;+5. The fourth-order valence-corrected chi connectivity index (χ4v) is 0. The smallest absolute Gasteiger partial charge is 0.310 e. The Morgan fingerprint density at radius 1 is 0.438 bits per heavy atom. The molecule has 5 N–H and O–H groups in total. The van der Waals surface area contributed by atoms with Crippen molar-refractivity contribution in [3.05, 3.63) is 0 Å². The van der Waals surface area contributed by atoms with Crippen LogP contribution >= 0.6 is 43.4 Å². The minimum Gasteiger partial charge on any atom is -0.310 e. The summed E-state index contributed by atoms with van der Waals surface area (Å²) in [6, 6.07) is 0. The minimum atomic E-state index is -0.833. The first-order valence-electron chi connectivity index (χ1n) is 1.91. The molecule has 0 aromatic heterocycles. The molecule has 16 heavy (non-hydrogen) atoms. The van der Waals surface area contributed by atoms with Crippen LogP contribution in [0.1, 0.15) is 0 Å². The molecular weight excluding hydrogens is 496 g/mol. The van der Waals surface area contributed by atoms with Crippen LogP contribution in [0.3, 0.4) is 0 Å². The Morgan fingerprint density at radius 3 is 0.438 bits per heavy atom. The summed E-state index contributed by atoms with van der Waals surface area (Å²) in [7, 11) is -4.17. The Kier molecular flexibility index (Phi) is 224. The van der Waals surface area contributed by atoms with Crippen molar-refractivity contribution in [2.24, 2.45) is 0 Å². The largest absolute Gasteiger partial charge is 5.00 e. The molecule has 0 saturated carbocycles. The molecule has 0 aromatic carbocycles. The Bertz CT molecular complexity index is 91.5. The Morgan fingerprint density at radius 2 is 0.438 bits per heavy atom. The third-order valence-corrected chi connectivity index (χ3v) is 0. The summed E-state index contributed by atoms with van der Waals surface area (Å²) in [5.41, 5.74) is 0. The quantitative estimate of drug-likeness (QED) is 0.299. The van der Waals surface area contributed by atoms with Gasteiger partial charge in [-0.2, -0.15) is 0 Å². The van der Waals surface area contributed by atoms with Crippen molar-refractivity contribution in [3.8, 4) is 0 Å². The SMILES string of the molecule is O=PO.O=PO.O=PO.O=PO.O=PO.[Ta+5]. The summed E-state index contributed by atoms with van der Waals surface area (Å²) in [5.74, 6) is 0. The van der Waals surface area contributed by atoms with Gasteiger partial charge in [-0.25, -0.2) is 22.8 Å². The van der Waals surface area contributed by atoms with Crippen LogP contribution in [0, 0.1) is 0 Å². The van der Waals surface area contributed by atoms with Gasteiger partial charge >= 0.3 is 65.8 Å². The zero-order chi connectivity index (χ0) is 13.5. The third kappa shape index (κ3) is 2740. The molecule has 0 aliphatic rings. The molecule has 0 heterocycles. The molecule has 0 aliphatic carbocycles. The van der Waals surface area contributed by atoms with Crippen LogP contribution in [0.15, 0.2) is 0 Å². The second kappa shape index (κ2) is 99.5. The van der Waals surface area contributed by atoms with E-state index >= 15 is 0 Å². The number of rotatable bonds is 0. The average Bonchev–Trinajstić information content (AvgIpc) is 2.09. The van der Waals surface area contributed by atoms with E-state index in [1.807, 2.05) is 0 Å². The van der Waals surface area contributed by atoms with Crippen molar-refractivity contribution >= 4 is 43.4 Å². The summed E-state index contributed by atoms with van der Waals surface area (Å²) >= 11 is 0. The van der Waals surface area contributed by atoms with Crippen LogP contribution in [0.2, 0.25) is 0 Å². The van der Waals surface area contributed by atoms with E-state index in [1.54, 1.807) is 0 Å². The van der Waals surface area contributed by atoms with Crippen LogP contribution in [-0.2, 0) is 45.2 Å². The average molecular weight is 501 g/mol. The second-order valence-electron chi connectivity index (χ2n) is 0.408. The number of hydrogen-bond donors (Lipinski definition) is 5. The van der Waals surface area contributed by atoms with E-state index in [4.69, 9.17) is 47.3 Å². The van der Waals surface area contributed by atoms with E-state index < -0.39 is 43.4 Å². The predicted molar refractivity (Wildman–Crippen MR) is 49.1 cm³/mol. The molecule has 0 unspecified atom stereocenters. The van der Waals surface area contributed by atoms with E-state index in [9.17, 15) is 0 Å². The summed E-state index contributed by atoms with van der Waals surface area (Å²) in [4.78, 5) is 34.9. The first-order chi connectivity index (χ1) is 7.07. The van der Waals surface area contributed by atoms with Gasteiger partial charge in [0, 0.05) is 0 Å². The molecule has 0 rings (SSSR count). The van der Waals surface area contributed by atoms with Crippen molar-refractivity contribution in [1.82, 2.24) is 0 Å². The van der Waals surface area contributed by atoms with Crippen molar-refractivity contribution in [2.45, 2.75) is 0 Å². The first-order valence-corrected chi connectivity index (χ1v) is 5.74. The molecular formula is H5O10P5Ta+5. The van der Waals surface area contributed by atoms with Crippen LogP contribution in [-0.4, -0.2) is 24.5 Å². The molecule has 16 heteroatoms. The zero-order valence-corrected chi connectivity index (χ0v) is 14.6. The van der Waals surface area contributed by atoms with Crippen molar-refractivity contribution in [1.29, 1.82) is 0 Å². The van der Waals surface area contributed by atoms with Crippen molar-refractivity contribution in [3.63, 3.8) is 0 Å². The maximum absolute atomic E-state index is 8.46. The maximum atomic E-state index is 8.46. The van der Waals surface area contributed by atoms with Crippen molar-refractivity contribution in [2.75, 3.05) is 0 Å². The fraction of sp³-hybridized carbons (Fsp3) is 0.